The van der Waals surface area contributed by atoms with Crippen LogP contribution < -0.4 is 16.5 Å². The smallest absolute Gasteiger partial charge is 0.294 e. The number of rotatable bonds is 1. The standard InChI is InChI=1S/C17H8Cl3N3O3/c18-7-2-4-12(10(20)5-7)23-17(26)14-13(16(25)22-23)15(24)9-3-1-8(19)6-11(9)21-14/h1-6H,(H,21,24)(H,22,25). The number of fused-ring (bicyclic) bond motifs is 2. The van der Waals surface area contributed by atoms with Crippen molar-refractivity contribution in [1.82, 2.24) is 14.8 Å². The van der Waals surface area contributed by atoms with E-state index in [1.165, 1.54) is 36.4 Å². The van der Waals surface area contributed by atoms with Gasteiger partial charge < -0.3 is 4.98 Å². The van der Waals surface area contributed by atoms with E-state index >= 15 is 0 Å². The highest BCUT2D eigenvalue weighted by atomic mass is 35.5. The fourth-order valence-electron chi connectivity index (χ4n) is 2.79. The van der Waals surface area contributed by atoms with Gasteiger partial charge in [-0.05, 0) is 36.4 Å². The zero-order valence-corrected chi connectivity index (χ0v) is 15.0. The lowest BCUT2D eigenvalue weighted by molar-refractivity contribution is 0.799. The molecule has 26 heavy (non-hydrogen) atoms. The molecular weight excluding hydrogens is 401 g/mol. The predicted molar refractivity (Wildman–Crippen MR) is 103 cm³/mol. The van der Waals surface area contributed by atoms with E-state index in [9.17, 15) is 14.4 Å². The molecule has 2 N–H and O–H groups in total. The maximum Gasteiger partial charge on any atom is 0.294 e. The minimum absolute atomic E-state index is 0.139. The number of halogens is 3. The van der Waals surface area contributed by atoms with Gasteiger partial charge in [0.05, 0.1) is 16.2 Å². The molecule has 0 amide bonds. The Morgan fingerprint density at radius 1 is 0.885 bits per heavy atom. The highest BCUT2D eigenvalue weighted by Crippen LogP contribution is 2.23. The van der Waals surface area contributed by atoms with E-state index in [1.807, 2.05) is 0 Å². The Morgan fingerprint density at radius 3 is 2.31 bits per heavy atom. The molecule has 2 aromatic heterocycles. The molecule has 0 bridgehead atoms. The van der Waals surface area contributed by atoms with Crippen molar-refractivity contribution in [3.63, 3.8) is 0 Å². The van der Waals surface area contributed by atoms with E-state index < -0.39 is 16.5 Å². The van der Waals surface area contributed by atoms with Gasteiger partial charge in [-0.3, -0.25) is 19.5 Å². The summed E-state index contributed by atoms with van der Waals surface area (Å²) < 4.78 is 0.968. The fourth-order valence-corrected chi connectivity index (χ4v) is 3.46. The van der Waals surface area contributed by atoms with Crippen LogP contribution in [0.25, 0.3) is 27.5 Å². The maximum absolute atomic E-state index is 12.9. The fraction of sp³-hybridized carbons (Fsp3) is 0. The molecule has 9 heteroatoms. The van der Waals surface area contributed by atoms with Gasteiger partial charge in [0.25, 0.3) is 11.1 Å². The van der Waals surface area contributed by atoms with Crippen molar-refractivity contribution in [3.8, 4) is 5.69 Å². The van der Waals surface area contributed by atoms with Crippen LogP contribution in [0.1, 0.15) is 0 Å². The van der Waals surface area contributed by atoms with Crippen LogP contribution >= 0.6 is 34.8 Å². The van der Waals surface area contributed by atoms with Crippen LogP contribution in [0, 0.1) is 0 Å². The Bertz CT molecular complexity index is 1390. The third kappa shape index (κ3) is 2.54. The summed E-state index contributed by atoms with van der Waals surface area (Å²) in [6.45, 7) is 0. The van der Waals surface area contributed by atoms with Crippen molar-refractivity contribution in [2.45, 2.75) is 0 Å². The molecule has 0 spiro atoms. The highest BCUT2D eigenvalue weighted by Gasteiger charge is 2.16. The van der Waals surface area contributed by atoms with Gasteiger partial charge in [-0.2, -0.15) is 0 Å². The van der Waals surface area contributed by atoms with Gasteiger partial charge in [0.2, 0.25) is 5.43 Å². The van der Waals surface area contributed by atoms with Gasteiger partial charge in [-0.1, -0.05) is 34.8 Å². The molecule has 4 rings (SSSR count). The minimum atomic E-state index is -0.719. The molecule has 0 atom stereocenters. The molecule has 0 aliphatic rings. The molecule has 2 heterocycles. The first kappa shape index (κ1) is 16.9. The molecule has 0 saturated heterocycles. The van der Waals surface area contributed by atoms with Crippen LogP contribution in [0.15, 0.2) is 50.8 Å². The molecule has 4 aromatic rings. The summed E-state index contributed by atoms with van der Waals surface area (Å²) in [5.74, 6) is 0. The molecule has 0 aliphatic carbocycles. The maximum atomic E-state index is 12.9. The summed E-state index contributed by atoms with van der Waals surface area (Å²) in [6, 6.07) is 9.00. The summed E-state index contributed by atoms with van der Waals surface area (Å²) in [6.07, 6.45) is 0. The van der Waals surface area contributed by atoms with Crippen molar-refractivity contribution >= 4 is 56.6 Å². The van der Waals surface area contributed by atoms with Gasteiger partial charge in [0, 0.05) is 15.4 Å². The quantitative estimate of drug-likeness (QED) is 0.473. The molecule has 130 valence electrons. The molecule has 0 unspecified atom stereocenters. The van der Waals surface area contributed by atoms with Crippen LogP contribution in [-0.4, -0.2) is 14.8 Å². The third-order valence-corrected chi connectivity index (χ3v) is 4.74. The van der Waals surface area contributed by atoms with Crippen molar-refractivity contribution < 1.29 is 0 Å². The van der Waals surface area contributed by atoms with E-state index in [0.717, 1.165) is 4.68 Å². The van der Waals surface area contributed by atoms with Gasteiger partial charge in [0.15, 0.2) is 0 Å². The number of aromatic nitrogens is 3. The second kappa shape index (κ2) is 6.02. The number of pyridine rings is 1. The van der Waals surface area contributed by atoms with E-state index in [2.05, 4.69) is 10.1 Å². The third-order valence-electron chi connectivity index (χ3n) is 3.97. The first-order valence-corrected chi connectivity index (χ1v) is 8.46. The molecule has 2 aromatic carbocycles. The van der Waals surface area contributed by atoms with Crippen molar-refractivity contribution in [2.75, 3.05) is 0 Å². The van der Waals surface area contributed by atoms with Crippen molar-refractivity contribution in [2.24, 2.45) is 0 Å². The second-order valence-electron chi connectivity index (χ2n) is 5.57. The number of benzene rings is 2. The SMILES string of the molecule is O=c1[nH]n(-c2ccc(Cl)cc2Cl)c(=O)c2[nH]c3cc(Cl)ccc3c(=O)c12. The topological polar surface area (TPSA) is 87.7 Å². The number of hydrogen-bond acceptors (Lipinski definition) is 3. The number of aromatic amines is 2. The average Bonchev–Trinajstić information content (AvgIpc) is 2.58. The summed E-state index contributed by atoms with van der Waals surface area (Å²) in [5, 5.41) is 3.32. The Labute approximate surface area is 159 Å². The monoisotopic (exact) mass is 407 g/mol. The van der Waals surface area contributed by atoms with E-state index in [1.54, 1.807) is 0 Å². The first-order valence-electron chi connectivity index (χ1n) is 7.33. The van der Waals surface area contributed by atoms with Crippen LogP contribution in [0.3, 0.4) is 0 Å². The van der Waals surface area contributed by atoms with E-state index in [-0.39, 0.29) is 27.0 Å². The summed E-state index contributed by atoms with van der Waals surface area (Å²) in [5.41, 5.74) is -1.47. The lowest BCUT2D eigenvalue weighted by atomic mass is 10.1. The number of nitrogens with one attached hydrogen (secondary N) is 2. The molecular formula is C17H8Cl3N3O3. The summed E-state index contributed by atoms with van der Waals surface area (Å²) in [7, 11) is 0. The number of nitrogens with zero attached hydrogens (tertiary/aromatic N) is 1. The predicted octanol–water partition coefficient (Wildman–Crippen LogP) is 3.48. The molecule has 6 nitrogen and oxygen atoms in total. The lowest BCUT2D eigenvalue weighted by Crippen LogP contribution is -2.32. The molecule has 0 fully saturated rings. The lowest BCUT2D eigenvalue weighted by Gasteiger charge is -2.10. The normalized spacial score (nSPS) is 11.3. The average molecular weight is 409 g/mol. The van der Waals surface area contributed by atoms with Gasteiger partial charge in [-0.15, -0.1) is 0 Å². The highest BCUT2D eigenvalue weighted by molar-refractivity contribution is 6.35. The van der Waals surface area contributed by atoms with Crippen molar-refractivity contribution in [3.05, 3.63) is 82.4 Å². The van der Waals surface area contributed by atoms with E-state index in [4.69, 9.17) is 34.8 Å². The second-order valence-corrected chi connectivity index (χ2v) is 6.85. The molecule has 0 aliphatic heterocycles. The van der Waals surface area contributed by atoms with Gasteiger partial charge in [0.1, 0.15) is 10.9 Å². The number of hydrogen-bond donors (Lipinski definition) is 2. The summed E-state index contributed by atoms with van der Waals surface area (Å²) in [4.78, 5) is 40.9. The number of H-pyrrole nitrogens is 2. The minimum Gasteiger partial charge on any atom is -0.350 e. The van der Waals surface area contributed by atoms with Gasteiger partial charge in [-0.25, -0.2) is 4.68 Å². The van der Waals surface area contributed by atoms with Crippen LogP contribution in [0.2, 0.25) is 15.1 Å². The Kier molecular flexibility index (Phi) is 3.91. The Hall–Kier alpha value is -2.54. The zero-order chi connectivity index (χ0) is 18.6. The molecule has 0 saturated carbocycles. The van der Waals surface area contributed by atoms with Crippen LogP contribution in [-0.2, 0) is 0 Å². The first-order chi connectivity index (χ1) is 12.4. The van der Waals surface area contributed by atoms with Crippen molar-refractivity contribution in [1.29, 1.82) is 0 Å². The summed E-state index contributed by atoms with van der Waals surface area (Å²) >= 11 is 18.0. The Balaban J connectivity index is 2.18. The van der Waals surface area contributed by atoms with Crippen LogP contribution in [0.5, 0.6) is 0 Å². The Morgan fingerprint density at radius 2 is 1.58 bits per heavy atom. The largest absolute Gasteiger partial charge is 0.350 e. The van der Waals surface area contributed by atoms with Gasteiger partial charge >= 0.3 is 0 Å². The van der Waals surface area contributed by atoms with E-state index in [0.29, 0.717) is 15.6 Å². The molecule has 0 radical (unpaired) electrons. The zero-order valence-electron chi connectivity index (χ0n) is 12.8. The van der Waals surface area contributed by atoms with Crippen LogP contribution in [0.4, 0.5) is 0 Å².